The summed E-state index contributed by atoms with van der Waals surface area (Å²) in [6, 6.07) is 0. The first-order valence-electron chi connectivity index (χ1n) is 4.03. The Morgan fingerprint density at radius 3 is 2.15 bits per heavy atom. The van der Waals surface area contributed by atoms with Crippen molar-refractivity contribution < 1.29 is 24.5 Å². The summed E-state index contributed by atoms with van der Waals surface area (Å²) in [5.41, 5.74) is 0. The summed E-state index contributed by atoms with van der Waals surface area (Å²) in [7, 11) is 0. The van der Waals surface area contributed by atoms with Crippen LogP contribution in [0.2, 0.25) is 0 Å². The van der Waals surface area contributed by atoms with E-state index in [2.05, 4.69) is 9.62 Å². The van der Waals surface area contributed by atoms with Crippen molar-refractivity contribution in [2.75, 3.05) is 0 Å². The molecule has 0 amide bonds. The summed E-state index contributed by atoms with van der Waals surface area (Å²) in [6.07, 6.45) is 0.302. The molecule has 0 rings (SSSR count). The van der Waals surface area contributed by atoms with Gasteiger partial charge < -0.3 is 4.74 Å². The molecule has 1 unspecified atom stereocenters. The van der Waals surface area contributed by atoms with Crippen molar-refractivity contribution in [3.05, 3.63) is 0 Å². The van der Waals surface area contributed by atoms with Gasteiger partial charge in [-0.25, -0.2) is 9.59 Å². The second-order valence-corrected chi connectivity index (χ2v) is 3.22. The summed E-state index contributed by atoms with van der Waals surface area (Å²) in [4.78, 5) is 24.3. The molecule has 0 radical (unpaired) electrons. The second-order valence-electron chi connectivity index (χ2n) is 3.22. The average Bonchev–Trinajstić information content (AvgIpc) is 2.01. The maximum atomic E-state index is 10.7. The van der Waals surface area contributed by atoms with Gasteiger partial charge in [-0.2, -0.15) is 5.26 Å². The molecule has 0 aliphatic carbocycles. The molecule has 0 aliphatic rings. The topological polar surface area (TPSA) is 72.8 Å². The van der Waals surface area contributed by atoms with Gasteiger partial charge >= 0.3 is 11.9 Å². The minimum atomic E-state index is -1.39. The molecule has 5 heteroatoms. The van der Waals surface area contributed by atoms with Crippen LogP contribution in [-0.4, -0.2) is 23.3 Å². The van der Waals surface area contributed by atoms with Gasteiger partial charge in [0.25, 0.3) is 0 Å². The van der Waals surface area contributed by atoms with Gasteiger partial charge in [-0.05, 0) is 19.3 Å². The molecule has 0 saturated carbocycles. The monoisotopic (exact) mass is 190 g/mol. The lowest BCUT2D eigenvalue weighted by Gasteiger charge is -2.13. The molecule has 0 bridgehead atoms. The number of hydrogen-bond acceptors (Lipinski definition) is 5. The van der Waals surface area contributed by atoms with Crippen LogP contribution >= 0.6 is 0 Å². The zero-order valence-electron chi connectivity index (χ0n) is 7.94. The number of rotatable bonds is 3. The van der Waals surface area contributed by atoms with Gasteiger partial charge in [0.15, 0.2) is 0 Å². The number of carbonyl (C=O) groups excluding carboxylic acids is 2. The predicted molar refractivity (Wildman–Crippen MR) is 43.7 cm³/mol. The average molecular weight is 190 g/mol. The van der Waals surface area contributed by atoms with Crippen molar-refractivity contribution in [1.82, 2.24) is 0 Å². The third-order valence-corrected chi connectivity index (χ3v) is 1.36. The van der Waals surface area contributed by atoms with Gasteiger partial charge in [-0.3, -0.25) is 4.89 Å². The lowest BCUT2D eigenvalue weighted by Crippen LogP contribution is -2.24. The molecule has 0 fully saturated rings. The summed E-state index contributed by atoms with van der Waals surface area (Å²) in [6.45, 7) is 5.60. The minimum Gasteiger partial charge on any atom is -0.454 e. The van der Waals surface area contributed by atoms with Gasteiger partial charge in [0, 0.05) is 0 Å². The molecule has 1 N–H and O–H groups in total. The van der Waals surface area contributed by atoms with E-state index in [4.69, 9.17) is 5.26 Å². The number of hydrogen-bond donors (Lipinski definition) is 1. The van der Waals surface area contributed by atoms with Crippen molar-refractivity contribution in [3.8, 4) is 0 Å². The molecule has 0 saturated heterocycles. The van der Waals surface area contributed by atoms with Gasteiger partial charge in [0.05, 0.1) is 6.10 Å². The Morgan fingerprint density at radius 2 is 1.77 bits per heavy atom. The van der Waals surface area contributed by atoms with Gasteiger partial charge in [-0.1, -0.05) is 13.8 Å². The molecule has 0 aromatic heterocycles. The largest absolute Gasteiger partial charge is 0.454 e. The summed E-state index contributed by atoms with van der Waals surface area (Å²) >= 11 is 0. The number of carbonyl (C=O) groups is 2. The van der Waals surface area contributed by atoms with E-state index in [9.17, 15) is 9.59 Å². The van der Waals surface area contributed by atoms with E-state index in [0.29, 0.717) is 12.3 Å². The molecule has 76 valence electrons. The standard InChI is InChI=1S/C8H14O5/c1-5(2)4-6(3)12-7(9)8(10)13-11/h5-6,11H,4H2,1-3H3. The van der Waals surface area contributed by atoms with Crippen LogP contribution in [-0.2, 0) is 19.2 Å². The van der Waals surface area contributed by atoms with Crippen LogP contribution in [0.25, 0.3) is 0 Å². The highest BCUT2D eigenvalue weighted by molar-refractivity contribution is 6.29. The van der Waals surface area contributed by atoms with Crippen LogP contribution in [0.15, 0.2) is 0 Å². The molecule has 13 heavy (non-hydrogen) atoms. The van der Waals surface area contributed by atoms with E-state index in [-0.39, 0.29) is 6.10 Å². The summed E-state index contributed by atoms with van der Waals surface area (Å²) in [5, 5.41) is 7.85. The second kappa shape index (κ2) is 5.53. The predicted octanol–water partition coefficient (Wildman–Crippen LogP) is 0.980. The number of ether oxygens (including phenoxy) is 1. The Hall–Kier alpha value is -1.10. The van der Waals surface area contributed by atoms with Crippen LogP contribution in [0.4, 0.5) is 0 Å². The fraction of sp³-hybridized carbons (Fsp3) is 0.750. The zero-order chi connectivity index (χ0) is 10.4. The normalized spacial score (nSPS) is 12.4. The first-order valence-corrected chi connectivity index (χ1v) is 4.03. The van der Waals surface area contributed by atoms with Gasteiger partial charge in [0.1, 0.15) is 0 Å². The Morgan fingerprint density at radius 1 is 1.23 bits per heavy atom. The van der Waals surface area contributed by atoms with Gasteiger partial charge in [-0.15, -0.1) is 0 Å². The lowest BCUT2D eigenvalue weighted by atomic mass is 10.1. The Kier molecular flexibility index (Phi) is 5.06. The maximum absolute atomic E-state index is 10.7. The molecule has 0 spiro atoms. The van der Waals surface area contributed by atoms with Crippen molar-refractivity contribution in [2.45, 2.75) is 33.3 Å². The first kappa shape index (κ1) is 11.9. The Balaban J connectivity index is 3.85. The molecule has 0 heterocycles. The quantitative estimate of drug-likeness (QED) is 0.311. The highest BCUT2D eigenvalue weighted by Gasteiger charge is 2.20. The van der Waals surface area contributed by atoms with E-state index in [0.717, 1.165) is 0 Å². The van der Waals surface area contributed by atoms with Crippen LogP contribution in [0, 0.1) is 5.92 Å². The zero-order valence-corrected chi connectivity index (χ0v) is 7.94. The lowest BCUT2D eigenvalue weighted by molar-refractivity contribution is -0.237. The summed E-state index contributed by atoms with van der Waals surface area (Å²) < 4.78 is 4.64. The molecule has 0 aromatic rings. The Labute approximate surface area is 76.6 Å². The smallest absolute Gasteiger partial charge is 0.449 e. The van der Waals surface area contributed by atoms with E-state index >= 15 is 0 Å². The van der Waals surface area contributed by atoms with E-state index < -0.39 is 11.9 Å². The first-order chi connectivity index (χ1) is 5.97. The molecule has 0 aromatic carbocycles. The van der Waals surface area contributed by atoms with Crippen LogP contribution in [0.5, 0.6) is 0 Å². The molecule has 1 atom stereocenters. The van der Waals surface area contributed by atoms with Crippen molar-refractivity contribution in [2.24, 2.45) is 5.92 Å². The van der Waals surface area contributed by atoms with Gasteiger partial charge in [0.2, 0.25) is 0 Å². The van der Waals surface area contributed by atoms with E-state index in [1.165, 1.54) is 0 Å². The summed E-state index contributed by atoms with van der Waals surface area (Å²) in [5.74, 6) is -2.20. The van der Waals surface area contributed by atoms with Crippen molar-refractivity contribution >= 4 is 11.9 Å². The fourth-order valence-electron chi connectivity index (χ4n) is 0.980. The van der Waals surface area contributed by atoms with E-state index in [1.807, 2.05) is 13.8 Å². The third kappa shape index (κ3) is 5.19. The molecular formula is C8H14O5. The molecular weight excluding hydrogens is 176 g/mol. The SMILES string of the molecule is CC(C)CC(C)OC(=O)C(=O)OO. The van der Waals surface area contributed by atoms with Crippen molar-refractivity contribution in [1.29, 1.82) is 0 Å². The number of esters is 1. The van der Waals surface area contributed by atoms with Crippen LogP contribution < -0.4 is 0 Å². The minimum absolute atomic E-state index is 0.355. The Bertz CT molecular complexity index is 187. The molecule has 5 nitrogen and oxygen atoms in total. The maximum Gasteiger partial charge on any atom is 0.449 e. The van der Waals surface area contributed by atoms with Crippen LogP contribution in [0.1, 0.15) is 27.2 Å². The van der Waals surface area contributed by atoms with E-state index in [1.54, 1.807) is 6.92 Å². The van der Waals surface area contributed by atoms with Crippen molar-refractivity contribution in [3.63, 3.8) is 0 Å². The molecule has 0 aliphatic heterocycles. The highest BCUT2D eigenvalue weighted by atomic mass is 17.1. The third-order valence-electron chi connectivity index (χ3n) is 1.36. The highest BCUT2D eigenvalue weighted by Crippen LogP contribution is 2.07. The fourth-order valence-corrected chi connectivity index (χ4v) is 0.980. The van der Waals surface area contributed by atoms with Crippen LogP contribution in [0.3, 0.4) is 0 Å².